The van der Waals surface area contributed by atoms with Crippen LogP contribution in [0, 0.1) is 5.41 Å². The Labute approximate surface area is 56.5 Å². The maximum Gasteiger partial charge on any atom is 0.0114 e. The summed E-state index contributed by atoms with van der Waals surface area (Å²) in [6.45, 7) is 10.0. The van der Waals surface area contributed by atoms with Crippen LogP contribution in [0.15, 0.2) is 11.6 Å². The molecular weight excluding hydrogens is 120 g/mol. The van der Waals surface area contributed by atoms with Gasteiger partial charge in [0.05, 0.1) is 0 Å². The minimum atomic E-state index is 0.291. The Morgan fingerprint density at radius 3 is 1.88 bits per heavy atom. The van der Waals surface area contributed by atoms with E-state index >= 15 is 0 Å². The molecule has 0 bridgehead atoms. The molecule has 0 amide bonds. The maximum atomic E-state index is 5.57. The summed E-state index contributed by atoms with van der Waals surface area (Å²) in [6, 6.07) is 0. The first-order valence-electron chi connectivity index (χ1n) is 2.75. The molecule has 0 N–H and O–H groups in total. The van der Waals surface area contributed by atoms with Gasteiger partial charge in [-0.3, -0.25) is 0 Å². The second-order valence-corrected chi connectivity index (χ2v) is 3.79. The molecule has 8 heavy (non-hydrogen) atoms. The molecule has 0 aromatic heterocycles. The smallest absolute Gasteiger partial charge is 0.0114 e. The van der Waals surface area contributed by atoms with Crippen molar-refractivity contribution in [2.24, 2.45) is 5.41 Å². The van der Waals surface area contributed by atoms with Crippen LogP contribution >= 0.6 is 11.6 Å². The number of hydrogen-bond acceptors (Lipinski definition) is 0. The standard InChI is InChI=1S/C7H13Cl/c1-6(8)5-7(2,3)4/h1,5H2,2-4H3. The van der Waals surface area contributed by atoms with Gasteiger partial charge in [0.1, 0.15) is 0 Å². The molecule has 0 nitrogen and oxygen atoms in total. The minimum absolute atomic E-state index is 0.291. The molecule has 1 heteroatoms. The zero-order valence-electron chi connectivity index (χ0n) is 5.79. The number of halogens is 1. The third-order valence-electron chi connectivity index (χ3n) is 0.722. The lowest BCUT2D eigenvalue weighted by atomic mass is 9.92. The van der Waals surface area contributed by atoms with Crippen molar-refractivity contribution in [3.63, 3.8) is 0 Å². The van der Waals surface area contributed by atoms with Gasteiger partial charge in [-0.05, 0) is 11.8 Å². The average Bonchev–Trinajstić information content (AvgIpc) is 1.21. The fourth-order valence-corrected chi connectivity index (χ4v) is 0.976. The van der Waals surface area contributed by atoms with E-state index in [-0.39, 0.29) is 0 Å². The lowest BCUT2D eigenvalue weighted by Gasteiger charge is -2.15. The van der Waals surface area contributed by atoms with Gasteiger partial charge in [-0.2, -0.15) is 0 Å². The molecule has 0 aliphatic heterocycles. The predicted molar refractivity (Wildman–Crippen MR) is 39.1 cm³/mol. The second-order valence-electron chi connectivity index (χ2n) is 3.25. The van der Waals surface area contributed by atoms with Gasteiger partial charge < -0.3 is 0 Å². The topological polar surface area (TPSA) is 0 Å². The Morgan fingerprint density at radius 1 is 1.50 bits per heavy atom. The van der Waals surface area contributed by atoms with Gasteiger partial charge in [0, 0.05) is 5.03 Å². The molecule has 0 aromatic rings. The van der Waals surface area contributed by atoms with Crippen LogP contribution in [0.3, 0.4) is 0 Å². The Morgan fingerprint density at radius 2 is 1.88 bits per heavy atom. The van der Waals surface area contributed by atoms with Gasteiger partial charge in [-0.25, -0.2) is 0 Å². The highest BCUT2D eigenvalue weighted by Gasteiger charge is 2.09. The van der Waals surface area contributed by atoms with Crippen molar-refractivity contribution in [3.8, 4) is 0 Å². The van der Waals surface area contributed by atoms with Gasteiger partial charge in [-0.1, -0.05) is 39.0 Å². The fourth-order valence-electron chi connectivity index (χ4n) is 0.575. The van der Waals surface area contributed by atoms with E-state index in [2.05, 4.69) is 27.4 Å². The quantitative estimate of drug-likeness (QED) is 0.514. The van der Waals surface area contributed by atoms with E-state index in [1.54, 1.807) is 0 Å². The van der Waals surface area contributed by atoms with Gasteiger partial charge in [0.15, 0.2) is 0 Å². The maximum absolute atomic E-state index is 5.57. The Balaban J connectivity index is 3.55. The number of allylic oxidation sites excluding steroid dienone is 1. The zero-order chi connectivity index (χ0) is 6.78. The molecule has 0 aliphatic carbocycles. The summed E-state index contributed by atoms with van der Waals surface area (Å²) < 4.78 is 0. The van der Waals surface area contributed by atoms with Crippen molar-refractivity contribution >= 4 is 11.6 Å². The molecule has 0 aliphatic rings. The summed E-state index contributed by atoms with van der Waals surface area (Å²) >= 11 is 5.57. The first kappa shape index (κ1) is 8.03. The molecule has 0 saturated heterocycles. The molecule has 0 atom stereocenters. The van der Waals surface area contributed by atoms with Crippen LogP contribution in [-0.4, -0.2) is 0 Å². The van der Waals surface area contributed by atoms with E-state index in [9.17, 15) is 0 Å². The van der Waals surface area contributed by atoms with Crippen LogP contribution in [-0.2, 0) is 0 Å². The molecule has 48 valence electrons. The SMILES string of the molecule is C=C(Cl)CC(C)(C)C. The monoisotopic (exact) mass is 132 g/mol. The molecule has 0 spiro atoms. The summed E-state index contributed by atoms with van der Waals surface area (Å²) in [5.74, 6) is 0. The predicted octanol–water partition coefficient (Wildman–Crippen LogP) is 3.18. The molecule has 0 aromatic carbocycles. The summed E-state index contributed by atoms with van der Waals surface area (Å²) in [4.78, 5) is 0. The van der Waals surface area contributed by atoms with Crippen LogP contribution in [0.25, 0.3) is 0 Å². The molecule has 0 heterocycles. The summed E-state index contributed by atoms with van der Waals surface area (Å²) in [6.07, 6.45) is 0.897. The van der Waals surface area contributed by atoms with Crippen LogP contribution < -0.4 is 0 Å². The van der Waals surface area contributed by atoms with E-state index in [0.717, 1.165) is 11.5 Å². The third-order valence-corrected chi connectivity index (χ3v) is 0.856. The minimum Gasteiger partial charge on any atom is -0.0898 e. The van der Waals surface area contributed by atoms with Gasteiger partial charge in [-0.15, -0.1) is 0 Å². The summed E-state index contributed by atoms with van der Waals surface area (Å²) in [5, 5.41) is 0.748. The van der Waals surface area contributed by atoms with Crippen LogP contribution in [0.1, 0.15) is 27.2 Å². The molecule has 0 saturated carbocycles. The van der Waals surface area contributed by atoms with E-state index in [1.165, 1.54) is 0 Å². The van der Waals surface area contributed by atoms with Crippen molar-refractivity contribution in [3.05, 3.63) is 11.6 Å². The van der Waals surface area contributed by atoms with Crippen molar-refractivity contribution in [1.82, 2.24) is 0 Å². The van der Waals surface area contributed by atoms with Crippen molar-refractivity contribution < 1.29 is 0 Å². The van der Waals surface area contributed by atoms with Crippen LogP contribution in [0.4, 0.5) is 0 Å². The fraction of sp³-hybridized carbons (Fsp3) is 0.714. The molecule has 0 rings (SSSR count). The van der Waals surface area contributed by atoms with Gasteiger partial charge >= 0.3 is 0 Å². The number of rotatable bonds is 1. The first-order valence-corrected chi connectivity index (χ1v) is 3.13. The Bertz CT molecular complexity index is 87.1. The van der Waals surface area contributed by atoms with Crippen LogP contribution in [0.5, 0.6) is 0 Å². The normalized spacial score (nSPS) is 11.5. The highest BCUT2D eigenvalue weighted by Crippen LogP contribution is 2.24. The average molecular weight is 133 g/mol. The zero-order valence-corrected chi connectivity index (χ0v) is 6.55. The van der Waals surface area contributed by atoms with Crippen LogP contribution in [0.2, 0.25) is 0 Å². The second kappa shape index (κ2) is 2.54. The van der Waals surface area contributed by atoms with E-state index in [0.29, 0.717) is 5.41 Å². The van der Waals surface area contributed by atoms with E-state index < -0.39 is 0 Å². The van der Waals surface area contributed by atoms with Gasteiger partial charge in [0.2, 0.25) is 0 Å². The molecule has 0 fully saturated rings. The Hall–Kier alpha value is 0.0300. The molecular formula is C7H13Cl. The largest absolute Gasteiger partial charge is 0.0898 e. The first-order chi connectivity index (χ1) is 3.42. The lowest BCUT2D eigenvalue weighted by Crippen LogP contribution is -2.03. The number of hydrogen-bond donors (Lipinski definition) is 0. The highest BCUT2D eigenvalue weighted by molar-refractivity contribution is 6.29. The third kappa shape index (κ3) is 6.03. The van der Waals surface area contributed by atoms with Crippen molar-refractivity contribution in [2.75, 3.05) is 0 Å². The highest BCUT2D eigenvalue weighted by atomic mass is 35.5. The molecule has 0 unspecified atom stereocenters. The molecule has 0 radical (unpaired) electrons. The van der Waals surface area contributed by atoms with E-state index in [1.807, 2.05) is 0 Å². The van der Waals surface area contributed by atoms with E-state index in [4.69, 9.17) is 11.6 Å². The Kier molecular flexibility index (Phi) is 2.55. The van der Waals surface area contributed by atoms with Crippen molar-refractivity contribution in [2.45, 2.75) is 27.2 Å². The summed E-state index contributed by atoms with van der Waals surface area (Å²) in [7, 11) is 0. The van der Waals surface area contributed by atoms with Crippen molar-refractivity contribution in [1.29, 1.82) is 0 Å². The van der Waals surface area contributed by atoms with Gasteiger partial charge in [0.25, 0.3) is 0 Å². The summed E-state index contributed by atoms with van der Waals surface area (Å²) in [5.41, 5.74) is 0.291. The lowest BCUT2D eigenvalue weighted by molar-refractivity contribution is 0.417.